The van der Waals surface area contributed by atoms with E-state index in [0.29, 0.717) is 6.04 Å². The molecule has 1 aliphatic carbocycles. The zero-order valence-corrected chi connectivity index (χ0v) is 14.8. The standard InChI is InChI=1S/C18H25N3O2S/c1-12-7-5-6-10-14(12)21-17(23)15(11-16(19)22)24-18(21)20-13-8-3-2-4-9-13/h5-7,10,13,15,18,20H,2-4,8-9,11H2,1H3,(H2,19,22). The topological polar surface area (TPSA) is 75.4 Å². The Bertz CT molecular complexity index is 616. The summed E-state index contributed by atoms with van der Waals surface area (Å²) in [4.78, 5) is 26.1. The minimum atomic E-state index is -0.427. The van der Waals surface area contributed by atoms with Gasteiger partial charge in [-0.25, -0.2) is 0 Å². The lowest BCUT2D eigenvalue weighted by molar-refractivity contribution is -0.122. The first kappa shape index (κ1) is 17.3. The molecule has 1 saturated carbocycles. The van der Waals surface area contributed by atoms with Crippen LogP contribution in [0, 0.1) is 6.92 Å². The molecule has 2 unspecified atom stereocenters. The van der Waals surface area contributed by atoms with E-state index in [-0.39, 0.29) is 17.8 Å². The molecule has 1 aromatic rings. The molecule has 1 saturated heterocycles. The molecule has 1 aromatic carbocycles. The molecule has 130 valence electrons. The van der Waals surface area contributed by atoms with Gasteiger partial charge in [0.05, 0.1) is 5.25 Å². The molecule has 0 spiro atoms. The Kier molecular flexibility index (Phi) is 5.46. The number of nitrogens with two attached hydrogens (primary N) is 1. The van der Waals surface area contributed by atoms with E-state index in [1.165, 1.54) is 31.0 Å². The molecule has 3 N–H and O–H groups in total. The van der Waals surface area contributed by atoms with E-state index in [0.717, 1.165) is 24.1 Å². The van der Waals surface area contributed by atoms with Crippen LogP contribution in [0.4, 0.5) is 5.69 Å². The van der Waals surface area contributed by atoms with Gasteiger partial charge < -0.3 is 5.73 Å². The van der Waals surface area contributed by atoms with Crippen molar-refractivity contribution >= 4 is 29.3 Å². The predicted molar refractivity (Wildman–Crippen MR) is 97.7 cm³/mol. The number of para-hydroxylation sites is 1. The fourth-order valence-corrected chi connectivity index (χ4v) is 4.94. The van der Waals surface area contributed by atoms with Gasteiger partial charge in [-0.1, -0.05) is 37.5 Å². The third-order valence-electron chi connectivity index (χ3n) is 4.79. The molecule has 2 fully saturated rings. The van der Waals surface area contributed by atoms with Gasteiger partial charge in [0, 0.05) is 18.2 Å². The number of thioether (sulfide) groups is 1. The number of rotatable bonds is 5. The molecule has 3 rings (SSSR count). The number of hydrogen-bond acceptors (Lipinski definition) is 4. The van der Waals surface area contributed by atoms with Gasteiger partial charge in [-0.3, -0.25) is 19.8 Å². The number of carbonyl (C=O) groups is 2. The molecule has 0 bridgehead atoms. The van der Waals surface area contributed by atoms with E-state index < -0.39 is 11.2 Å². The number of nitrogens with zero attached hydrogens (tertiary/aromatic N) is 1. The van der Waals surface area contributed by atoms with E-state index in [1.54, 1.807) is 0 Å². The van der Waals surface area contributed by atoms with E-state index >= 15 is 0 Å². The van der Waals surface area contributed by atoms with Crippen molar-refractivity contribution in [3.63, 3.8) is 0 Å². The summed E-state index contributed by atoms with van der Waals surface area (Å²) < 4.78 is 0. The molecule has 24 heavy (non-hydrogen) atoms. The van der Waals surface area contributed by atoms with E-state index in [2.05, 4.69) is 5.32 Å². The fraction of sp³-hybridized carbons (Fsp3) is 0.556. The minimum absolute atomic E-state index is 0.0265. The van der Waals surface area contributed by atoms with Crippen molar-refractivity contribution < 1.29 is 9.59 Å². The van der Waals surface area contributed by atoms with Crippen LogP contribution in [-0.4, -0.2) is 28.6 Å². The molecular weight excluding hydrogens is 322 g/mol. The number of benzene rings is 1. The number of nitrogens with one attached hydrogen (secondary N) is 1. The Morgan fingerprint density at radius 1 is 1.29 bits per heavy atom. The van der Waals surface area contributed by atoms with Crippen LogP contribution in [0.1, 0.15) is 44.1 Å². The van der Waals surface area contributed by atoms with Crippen molar-refractivity contribution in [1.82, 2.24) is 5.32 Å². The van der Waals surface area contributed by atoms with Crippen LogP contribution in [0.2, 0.25) is 0 Å². The Labute approximate surface area is 147 Å². The van der Waals surface area contributed by atoms with Crippen LogP contribution in [0.25, 0.3) is 0 Å². The smallest absolute Gasteiger partial charge is 0.242 e. The van der Waals surface area contributed by atoms with Gasteiger partial charge in [-0.2, -0.15) is 0 Å². The molecular formula is C18H25N3O2S. The van der Waals surface area contributed by atoms with Gasteiger partial charge in [0.1, 0.15) is 5.50 Å². The van der Waals surface area contributed by atoms with Crippen molar-refractivity contribution in [2.24, 2.45) is 5.73 Å². The quantitative estimate of drug-likeness (QED) is 0.858. The Hall–Kier alpha value is -1.53. The zero-order chi connectivity index (χ0) is 17.1. The molecule has 1 heterocycles. The van der Waals surface area contributed by atoms with Crippen molar-refractivity contribution in [3.8, 4) is 0 Å². The molecule has 5 nitrogen and oxygen atoms in total. The van der Waals surface area contributed by atoms with Gasteiger partial charge in [0.15, 0.2) is 0 Å². The third-order valence-corrected chi connectivity index (χ3v) is 6.09. The summed E-state index contributed by atoms with van der Waals surface area (Å²) >= 11 is 1.52. The lowest BCUT2D eigenvalue weighted by Crippen LogP contribution is -2.47. The zero-order valence-electron chi connectivity index (χ0n) is 14.0. The highest BCUT2D eigenvalue weighted by Gasteiger charge is 2.42. The highest BCUT2D eigenvalue weighted by atomic mass is 32.2. The van der Waals surface area contributed by atoms with Crippen LogP contribution < -0.4 is 16.0 Å². The van der Waals surface area contributed by atoms with Crippen molar-refractivity contribution in [2.75, 3.05) is 4.90 Å². The average molecular weight is 347 g/mol. The summed E-state index contributed by atoms with van der Waals surface area (Å²) in [7, 11) is 0. The maximum absolute atomic E-state index is 12.9. The summed E-state index contributed by atoms with van der Waals surface area (Å²) in [5, 5.41) is 3.24. The van der Waals surface area contributed by atoms with Gasteiger partial charge >= 0.3 is 0 Å². The molecule has 2 atom stereocenters. The van der Waals surface area contributed by atoms with E-state index in [1.807, 2.05) is 36.1 Å². The summed E-state index contributed by atoms with van der Waals surface area (Å²) in [6.45, 7) is 2.01. The molecule has 0 aromatic heterocycles. The number of primary amides is 1. The number of aryl methyl sites for hydroxylation is 1. The Morgan fingerprint density at radius 3 is 2.67 bits per heavy atom. The highest BCUT2D eigenvalue weighted by molar-refractivity contribution is 8.01. The second-order valence-electron chi connectivity index (χ2n) is 6.64. The molecule has 6 heteroatoms. The fourth-order valence-electron chi connectivity index (χ4n) is 3.53. The second-order valence-corrected chi connectivity index (χ2v) is 7.93. The van der Waals surface area contributed by atoms with E-state index in [4.69, 9.17) is 5.73 Å². The van der Waals surface area contributed by atoms with Crippen molar-refractivity contribution in [1.29, 1.82) is 0 Å². The maximum Gasteiger partial charge on any atom is 0.242 e. The molecule has 2 aliphatic rings. The summed E-state index contributed by atoms with van der Waals surface area (Å²) in [5.41, 5.74) is 7.17. The minimum Gasteiger partial charge on any atom is -0.370 e. The SMILES string of the molecule is Cc1ccccc1N1C(=O)C(CC(N)=O)SC1NC1CCCCC1. The van der Waals surface area contributed by atoms with Gasteiger partial charge in [0.2, 0.25) is 11.8 Å². The molecule has 0 radical (unpaired) electrons. The first-order valence-electron chi connectivity index (χ1n) is 8.65. The lowest BCUT2D eigenvalue weighted by Gasteiger charge is -2.31. The van der Waals surface area contributed by atoms with Gasteiger partial charge in [0.25, 0.3) is 0 Å². The van der Waals surface area contributed by atoms with Gasteiger partial charge in [-0.15, -0.1) is 11.8 Å². The van der Waals surface area contributed by atoms with Gasteiger partial charge in [-0.05, 0) is 31.4 Å². The van der Waals surface area contributed by atoms with Crippen LogP contribution in [-0.2, 0) is 9.59 Å². The van der Waals surface area contributed by atoms with Crippen LogP contribution >= 0.6 is 11.8 Å². The average Bonchev–Trinajstić information content (AvgIpc) is 2.84. The molecule has 1 aliphatic heterocycles. The lowest BCUT2D eigenvalue weighted by atomic mass is 9.96. The number of anilines is 1. The maximum atomic E-state index is 12.9. The Balaban J connectivity index is 1.83. The predicted octanol–water partition coefficient (Wildman–Crippen LogP) is 2.52. The number of amides is 2. The second kappa shape index (κ2) is 7.57. The van der Waals surface area contributed by atoms with Crippen molar-refractivity contribution in [2.45, 2.75) is 62.2 Å². The third kappa shape index (κ3) is 3.75. The monoisotopic (exact) mass is 347 g/mol. The number of carbonyl (C=O) groups excluding carboxylic acids is 2. The normalized spacial score (nSPS) is 25.2. The van der Waals surface area contributed by atoms with Crippen molar-refractivity contribution in [3.05, 3.63) is 29.8 Å². The van der Waals surface area contributed by atoms with Crippen LogP contribution in [0.3, 0.4) is 0 Å². The first-order valence-corrected chi connectivity index (χ1v) is 9.59. The highest BCUT2D eigenvalue weighted by Crippen LogP contribution is 2.38. The first-order chi connectivity index (χ1) is 11.6. The summed E-state index contributed by atoms with van der Waals surface area (Å²) in [6, 6.07) is 8.32. The number of hydrogen-bond donors (Lipinski definition) is 2. The molecule has 2 amide bonds. The van der Waals surface area contributed by atoms with Crippen LogP contribution in [0.5, 0.6) is 0 Å². The van der Waals surface area contributed by atoms with Crippen LogP contribution in [0.15, 0.2) is 24.3 Å². The van der Waals surface area contributed by atoms with E-state index in [9.17, 15) is 9.59 Å². The summed E-state index contributed by atoms with van der Waals surface area (Å²) in [6.07, 6.45) is 6.15. The summed E-state index contributed by atoms with van der Waals surface area (Å²) in [5.74, 6) is -0.453. The largest absolute Gasteiger partial charge is 0.370 e. The Morgan fingerprint density at radius 2 is 2.00 bits per heavy atom.